The van der Waals surface area contributed by atoms with Gasteiger partial charge in [0.2, 0.25) is 0 Å². The van der Waals surface area contributed by atoms with Crippen LogP contribution in [0.4, 0.5) is 0 Å². The van der Waals surface area contributed by atoms with Crippen molar-refractivity contribution in [3.8, 4) is 0 Å². The minimum Gasteiger partial charge on any atom is -0.294 e. The molecule has 0 aliphatic heterocycles. The summed E-state index contributed by atoms with van der Waals surface area (Å²) in [4.78, 5) is 43.6. The highest BCUT2D eigenvalue weighted by Gasteiger charge is 2.29. The number of aromatic nitrogens is 3. The number of carbonyl (C=O) groups excluding carboxylic acids is 1. The number of hydrogen-bond acceptors (Lipinski definition) is 4. The van der Waals surface area contributed by atoms with Crippen LogP contribution in [-0.2, 0) is 13.5 Å². The normalized spacial score (nSPS) is 16.7. The Morgan fingerprint density at radius 1 is 1.11 bits per heavy atom. The number of benzene rings is 1. The number of aryl methyl sites for hydroxylation is 1. The Kier molecular flexibility index (Phi) is 4.06. The smallest absolute Gasteiger partial charge is 0.294 e. The van der Waals surface area contributed by atoms with Gasteiger partial charge in [0.25, 0.3) is 5.56 Å². The number of nitrogens with zero attached hydrogens (tertiary/aromatic N) is 2. The third-order valence-electron chi connectivity index (χ3n) is 5.49. The minimum absolute atomic E-state index is 0.00782. The highest BCUT2D eigenvalue weighted by molar-refractivity contribution is 6.02. The highest BCUT2D eigenvalue weighted by atomic mass is 16.2. The summed E-state index contributed by atoms with van der Waals surface area (Å²) < 4.78 is 1.31. The van der Waals surface area contributed by atoms with E-state index < -0.39 is 11.2 Å². The van der Waals surface area contributed by atoms with E-state index in [2.05, 4.69) is 48.1 Å². The van der Waals surface area contributed by atoms with Gasteiger partial charge < -0.3 is 0 Å². The zero-order valence-corrected chi connectivity index (χ0v) is 15.6. The molecule has 1 N–H and O–H groups in total. The van der Waals surface area contributed by atoms with Crippen molar-refractivity contribution in [1.29, 1.82) is 0 Å². The Balaban J connectivity index is 1.85. The Bertz CT molecular complexity index is 1170. The van der Waals surface area contributed by atoms with Crippen LogP contribution in [0.2, 0.25) is 0 Å². The number of pyridine rings is 1. The molecule has 0 unspecified atom stereocenters. The number of rotatable bonds is 2. The van der Waals surface area contributed by atoms with Crippen molar-refractivity contribution in [1.82, 2.24) is 14.5 Å². The standard InChI is InChI=1S/C21H21N3O3/c1-11(2)12-4-6-13(7-5-12)14-8-15-16(17(25)9-14)10-22-19-18(15)20(26)23-21(27)24(19)3/h4-7,10-11,14H,8-9H2,1-3H3,(H,23,26,27)/t14-/m0/s1. The summed E-state index contributed by atoms with van der Waals surface area (Å²) in [5, 5.41) is 0.339. The van der Waals surface area contributed by atoms with Crippen LogP contribution in [-0.4, -0.2) is 20.3 Å². The first-order valence-electron chi connectivity index (χ1n) is 9.10. The first kappa shape index (κ1) is 17.4. The van der Waals surface area contributed by atoms with Crippen LogP contribution in [0.3, 0.4) is 0 Å². The number of ketones is 1. The van der Waals surface area contributed by atoms with Gasteiger partial charge in [-0.05, 0) is 34.9 Å². The molecular formula is C21H21N3O3. The number of H-pyrrole nitrogens is 1. The lowest BCUT2D eigenvalue weighted by Gasteiger charge is -2.25. The molecule has 0 spiro atoms. The molecule has 27 heavy (non-hydrogen) atoms. The summed E-state index contributed by atoms with van der Waals surface area (Å²) >= 11 is 0. The van der Waals surface area contributed by atoms with Crippen molar-refractivity contribution in [2.24, 2.45) is 7.05 Å². The second-order valence-electron chi connectivity index (χ2n) is 7.52. The van der Waals surface area contributed by atoms with E-state index in [1.165, 1.54) is 16.3 Å². The molecule has 2 heterocycles. The predicted molar refractivity (Wildman–Crippen MR) is 104 cm³/mol. The van der Waals surface area contributed by atoms with Crippen LogP contribution >= 0.6 is 0 Å². The van der Waals surface area contributed by atoms with E-state index in [1.54, 1.807) is 7.05 Å². The summed E-state index contributed by atoms with van der Waals surface area (Å²) in [5.41, 5.74) is 2.83. The lowest BCUT2D eigenvalue weighted by molar-refractivity contribution is 0.0964. The Labute approximate surface area is 155 Å². The van der Waals surface area contributed by atoms with E-state index in [9.17, 15) is 14.4 Å². The van der Waals surface area contributed by atoms with Crippen molar-refractivity contribution in [3.63, 3.8) is 0 Å². The van der Waals surface area contributed by atoms with Crippen molar-refractivity contribution < 1.29 is 4.79 Å². The van der Waals surface area contributed by atoms with E-state index in [0.29, 0.717) is 40.9 Å². The summed E-state index contributed by atoms with van der Waals surface area (Å²) in [7, 11) is 1.56. The van der Waals surface area contributed by atoms with Gasteiger partial charge >= 0.3 is 5.69 Å². The van der Waals surface area contributed by atoms with Crippen LogP contribution in [0.1, 0.15) is 59.2 Å². The number of carbonyl (C=O) groups is 1. The number of hydrogen-bond donors (Lipinski definition) is 1. The molecule has 138 valence electrons. The van der Waals surface area contributed by atoms with Crippen LogP contribution in [0.15, 0.2) is 40.1 Å². The molecule has 0 bridgehead atoms. The summed E-state index contributed by atoms with van der Waals surface area (Å²) in [5.74, 6) is 0.438. The van der Waals surface area contributed by atoms with E-state index in [1.807, 2.05) is 0 Å². The van der Waals surface area contributed by atoms with Crippen LogP contribution in [0.5, 0.6) is 0 Å². The molecule has 6 nitrogen and oxygen atoms in total. The van der Waals surface area contributed by atoms with Gasteiger partial charge in [-0.15, -0.1) is 0 Å². The monoisotopic (exact) mass is 363 g/mol. The Morgan fingerprint density at radius 2 is 1.81 bits per heavy atom. The molecule has 0 saturated carbocycles. The number of fused-ring (bicyclic) bond motifs is 3. The fourth-order valence-corrected chi connectivity index (χ4v) is 3.86. The molecule has 0 saturated heterocycles. The maximum atomic E-state index is 12.7. The topological polar surface area (TPSA) is 84.8 Å². The molecule has 1 aliphatic carbocycles. The van der Waals surface area contributed by atoms with Gasteiger partial charge in [-0.25, -0.2) is 9.78 Å². The van der Waals surface area contributed by atoms with E-state index in [4.69, 9.17) is 0 Å². The van der Waals surface area contributed by atoms with Crippen molar-refractivity contribution in [3.05, 3.63) is 73.6 Å². The van der Waals surface area contributed by atoms with E-state index in [-0.39, 0.29) is 11.7 Å². The molecule has 6 heteroatoms. The first-order valence-corrected chi connectivity index (χ1v) is 9.10. The molecule has 3 aromatic rings. The maximum Gasteiger partial charge on any atom is 0.329 e. The molecule has 0 radical (unpaired) electrons. The first-order chi connectivity index (χ1) is 12.9. The van der Waals surface area contributed by atoms with Crippen molar-refractivity contribution in [2.75, 3.05) is 0 Å². The zero-order valence-electron chi connectivity index (χ0n) is 15.6. The van der Waals surface area contributed by atoms with Gasteiger partial charge in [-0.1, -0.05) is 38.1 Å². The minimum atomic E-state index is -0.511. The predicted octanol–water partition coefficient (Wildman–Crippen LogP) is 2.66. The SMILES string of the molecule is CC(C)c1ccc([C@@H]2CC(=O)c3cnc4c(c3C2)c(=O)[nH]c(=O)n4C)cc1. The van der Waals surface area contributed by atoms with Gasteiger partial charge in [0.1, 0.15) is 5.65 Å². The fourth-order valence-electron chi connectivity index (χ4n) is 3.86. The Morgan fingerprint density at radius 3 is 2.48 bits per heavy atom. The van der Waals surface area contributed by atoms with Crippen LogP contribution in [0, 0.1) is 0 Å². The molecule has 0 fully saturated rings. The Hall–Kier alpha value is -3.02. The van der Waals surface area contributed by atoms with Crippen molar-refractivity contribution >= 4 is 16.8 Å². The summed E-state index contributed by atoms with van der Waals surface area (Å²) in [6, 6.07) is 8.34. The van der Waals surface area contributed by atoms with Crippen molar-refractivity contribution in [2.45, 2.75) is 38.5 Å². The van der Waals surface area contributed by atoms with Gasteiger partial charge in [0, 0.05) is 25.2 Å². The number of nitrogens with one attached hydrogen (secondary N) is 1. The molecule has 1 aromatic carbocycles. The third-order valence-corrected chi connectivity index (χ3v) is 5.49. The third kappa shape index (κ3) is 2.81. The van der Waals surface area contributed by atoms with Crippen LogP contribution in [0.25, 0.3) is 11.0 Å². The summed E-state index contributed by atoms with van der Waals surface area (Å²) in [6.45, 7) is 4.29. The van der Waals surface area contributed by atoms with Gasteiger partial charge in [0.15, 0.2) is 5.78 Å². The van der Waals surface area contributed by atoms with Crippen LogP contribution < -0.4 is 11.2 Å². The number of aromatic amines is 1. The molecule has 0 amide bonds. The zero-order chi connectivity index (χ0) is 19.3. The van der Waals surface area contributed by atoms with Gasteiger partial charge in [0.05, 0.1) is 5.39 Å². The highest BCUT2D eigenvalue weighted by Crippen LogP contribution is 2.35. The van der Waals surface area contributed by atoms with Gasteiger partial charge in [-0.3, -0.25) is 19.1 Å². The number of Topliss-reactive ketones (excluding diaryl/α,β-unsaturated/α-hetero) is 1. The maximum absolute atomic E-state index is 12.7. The molecule has 4 rings (SSSR count). The van der Waals surface area contributed by atoms with E-state index >= 15 is 0 Å². The average Bonchev–Trinajstić information content (AvgIpc) is 2.65. The molecule has 1 atom stereocenters. The second kappa shape index (κ2) is 6.30. The quantitative estimate of drug-likeness (QED) is 0.758. The largest absolute Gasteiger partial charge is 0.329 e. The lowest BCUT2D eigenvalue weighted by Crippen LogP contribution is -2.31. The average molecular weight is 363 g/mol. The summed E-state index contributed by atoms with van der Waals surface area (Å²) in [6.07, 6.45) is 2.46. The fraction of sp³-hybridized carbons (Fsp3) is 0.333. The lowest BCUT2D eigenvalue weighted by atomic mass is 9.79. The second-order valence-corrected chi connectivity index (χ2v) is 7.52. The molecular weight excluding hydrogens is 342 g/mol. The molecule has 1 aliphatic rings. The van der Waals surface area contributed by atoms with Gasteiger partial charge in [-0.2, -0.15) is 0 Å². The van der Waals surface area contributed by atoms with E-state index in [0.717, 1.165) is 5.56 Å². The molecule has 2 aromatic heterocycles.